The van der Waals surface area contributed by atoms with E-state index in [-0.39, 0.29) is 0 Å². The fourth-order valence-electron chi connectivity index (χ4n) is 2.40. The van der Waals surface area contributed by atoms with Crippen LogP contribution < -0.4 is 0 Å². The van der Waals surface area contributed by atoms with Crippen molar-refractivity contribution in [1.82, 2.24) is 4.57 Å². The molecule has 1 aromatic heterocycles. The van der Waals surface area contributed by atoms with Crippen molar-refractivity contribution in [3.05, 3.63) is 36.0 Å². The van der Waals surface area contributed by atoms with Crippen LogP contribution in [0.25, 0.3) is 10.9 Å². The van der Waals surface area contributed by atoms with Crippen molar-refractivity contribution in [2.45, 2.75) is 58.7 Å². The predicted octanol–water partition coefficient (Wildman–Crippen LogP) is 4.65. The quantitative estimate of drug-likeness (QED) is 0.659. The van der Waals surface area contributed by atoms with Gasteiger partial charge in [0.15, 0.2) is 0 Å². The van der Waals surface area contributed by atoms with Crippen LogP contribution in [0.1, 0.15) is 58.6 Å². The van der Waals surface area contributed by atoms with Crippen molar-refractivity contribution in [3.63, 3.8) is 0 Å². The topological polar surface area (TPSA) is 51.5 Å². The normalized spacial score (nSPS) is 12.5. The fraction of sp³-hybridized carbons (Fsp3) is 0.450. The number of carbonyl (C=O) groups excluding carboxylic acids is 1. The van der Waals surface area contributed by atoms with E-state index in [2.05, 4.69) is 18.8 Å². The van der Waals surface area contributed by atoms with Gasteiger partial charge in [0.1, 0.15) is 11.7 Å². The first-order chi connectivity index (χ1) is 11.3. The molecule has 0 aliphatic carbocycles. The Hall–Kier alpha value is -2.25. The summed E-state index contributed by atoms with van der Waals surface area (Å²) in [5.41, 5.74) is 0.748. The molecule has 0 spiro atoms. The van der Waals surface area contributed by atoms with Crippen molar-refractivity contribution in [3.8, 4) is 11.8 Å². The summed E-state index contributed by atoms with van der Waals surface area (Å²) in [5.74, 6) is 5.87. The number of aliphatic hydroxyl groups excluding tert-OH is 1. The van der Waals surface area contributed by atoms with Gasteiger partial charge in [-0.05, 0) is 33.3 Å². The number of aliphatic hydroxyl groups is 1. The van der Waals surface area contributed by atoms with Gasteiger partial charge in [-0.3, -0.25) is 4.57 Å². The highest BCUT2D eigenvalue weighted by Gasteiger charge is 2.22. The molecule has 0 aliphatic heterocycles. The number of unbranched alkanes of at least 4 members (excludes halogenated alkanes) is 2. The summed E-state index contributed by atoms with van der Waals surface area (Å²) in [7, 11) is 0. The first kappa shape index (κ1) is 18.1. The Balaban J connectivity index is 2.38. The fourth-order valence-corrected chi connectivity index (χ4v) is 2.40. The van der Waals surface area contributed by atoms with Crippen molar-refractivity contribution in [2.75, 3.05) is 0 Å². The number of para-hydroxylation sites is 1. The number of aromatic nitrogens is 1. The van der Waals surface area contributed by atoms with Gasteiger partial charge in [0.2, 0.25) is 0 Å². The smallest absolute Gasteiger partial charge is 0.419 e. The molecule has 1 N–H and O–H groups in total. The van der Waals surface area contributed by atoms with E-state index in [1.165, 1.54) is 4.57 Å². The Morgan fingerprint density at radius 1 is 1.33 bits per heavy atom. The molecule has 0 bridgehead atoms. The molecule has 0 saturated heterocycles. The zero-order chi connectivity index (χ0) is 17.7. The van der Waals surface area contributed by atoms with Gasteiger partial charge in [0, 0.05) is 23.6 Å². The summed E-state index contributed by atoms with van der Waals surface area (Å²) in [4.78, 5) is 12.4. The number of benzene rings is 1. The van der Waals surface area contributed by atoms with E-state index in [1.54, 1.807) is 6.20 Å². The Morgan fingerprint density at radius 3 is 2.71 bits per heavy atom. The molecule has 2 rings (SSSR count). The van der Waals surface area contributed by atoms with Gasteiger partial charge in [-0.15, -0.1) is 5.92 Å². The summed E-state index contributed by atoms with van der Waals surface area (Å²) < 4.78 is 6.88. The molecule has 0 radical (unpaired) electrons. The van der Waals surface area contributed by atoms with Gasteiger partial charge < -0.3 is 9.84 Å². The van der Waals surface area contributed by atoms with Crippen molar-refractivity contribution in [1.29, 1.82) is 0 Å². The number of ether oxygens (including phenoxy) is 1. The van der Waals surface area contributed by atoms with E-state index in [9.17, 15) is 9.90 Å². The van der Waals surface area contributed by atoms with Crippen LogP contribution in [-0.2, 0) is 4.74 Å². The molecule has 2 aromatic rings. The highest BCUT2D eigenvalue weighted by Crippen LogP contribution is 2.27. The largest absolute Gasteiger partial charge is 0.443 e. The summed E-state index contributed by atoms with van der Waals surface area (Å²) in [6.07, 6.45) is 3.09. The van der Waals surface area contributed by atoms with Gasteiger partial charge >= 0.3 is 6.09 Å². The average molecular weight is 327 g/mol. The summed E-state index contributed by atoms with van der Waals surface area (Å²) in [5, 5.41) is 11.2. The lowest BCUT2D eigenvalue weighted by Crippen LogP contribution is -2.26. The number of carbonyl (C=O) groups is 1. The van der Waals surface area contributed by atoms with Crippen LogP contribution in [0, 0.1) is 11.8 Å². The highest BCUT2D eigenvalue weighted by molar-refractivity contribution is 5.92. The lowest BCUT2D eigenvalue weighted by atomic mass is 10.1. The van der Waals surface area contributed by atoms with E-state index in [0.717, 1.165) is 24.6 Å². The lowest BCUT2D eigenvalue weighted by Gasteiger charge is -2.19. The lowest BCUT2D eigenvalue weighted by molar-refractivity contribution is 0.0544. The zero-order valence-electron chi connectivity index (χ0n) is 14.8. The van der Waals surface area contributed by atoms with Gasteiger partial charge in [-0.1, -0.05) is 37.5 Å². The second-order valence-corrected chi connectivity index (χ2v) is 6.78. The van der Waals surface area contributed by atoms with Gasteiger partial charge in [0.05, 0.1) is 5.52 Å². The first-order valence-corrected chi connectivity index (χ1v) is 8.33. The van der Waals surface area contributed by atoms with E-state index in [0.29, 0.717) is 11.1 Å². The molecule has 0 fully saturated rings. The van der Waals surface area contributed by atoms with Crippen LogP contribution >= 0.6 is 0 Å². The minimum Gasteiger partial charge on any atom is -0.443 e. The summed E-state index contributed by atoms with van der Waals surface area (Å²) in [6, 6.07) is 7.44. The van der Waals surface area contributed by atoms with Crippen molar-refractivity contribution >= 4 is 17.0 Å². The van der Waals surface area contributed by atoms with Crippen LogP contribution in [0.5, 0.6) is 0 Å². The van der Waals surface area contributed by atoms with Crippen molar-refractivity contribution in [2.24, 2.45) is 0 Å². The number of nitrogens with zero attached hydrogens (tertiary/aromatic N) is 1. The Kier molecular flexibility index (Phi) is 5.69. The number of hydrogen-bond donors (Lipinski definition) is 1. The van der Waals surface area contributed by atoms with Gasteiger partial charge in [0.25, 0.3) is 0 Å². The molecule has 24 heavy (non-hydrogen) atoms. The molecule has 0 aliphatic rings. The second-order valence-electron chi connectivity index (χ2n) is 6.78. The number of hydrogen-bond acceptors (Lipinski definition) is 3. The third kappa shape index (κ3) is 4.39. The summed E-state index contributed by atoms with van der Waals surface area (Å²) in [6.45, 7) is 7.58. The van der Waals surface area contributed by atoms with Crippen molar-refractivity contribution < 1.29 is 14.6 Å². The average Bonchev–Trinajstić information content (AvgIpc) is 2.89. The zero-order valence-corrected chi connectivity index (χ0v) is 14.8. The molecule has 0 amide bonds. The molecule has 4 nitrogen and oxygen atoms in total. The molecule has 0 saturated carbocycles. The van der Waals surface area contributed by atoms with Crippen LogP contribution in [0.15, 0.2) is 30.5 Å². The Morgan fingerprint density at radius 2 is 2.04 bits per heavy atom. The monoisotopic (exact) mass is 327 g/mol. The highest BCUT2D eigenvalue weighted by atomic mass is 16.6. The Bertz CT molecular complexity index is 772. The van der Waals surface area contributed by atoms with E-state index >= 15 is 0 Å². The third-order valence-electron chi connectivity index (χ3n) is 3.52. The molecule has 1 aromatic carbocycles. The molecular weight excluding hydrogens is 302 g/mol. The number of fused-ring (bicyclic) bond motifs is 1. The third-order valence-corrected chi connectivity index (χ3v) is 3.52. The summed E-state index contributed by atoms with van der Waals surface area (Å²) >= 11 is 0. The van der Waals surface area contributed by atoms with Crippen LogP contribution in [0.3, 0.4) is 0 Å². The van der Waals surface area contributed by atoms with E-state index in [4.69, 9.17) is 4.74 Å². The standard InChI is InChI=1S/C20H25NO3/c1-5-6-7-8-13-18(22)16-14-21(19(23)24-20(2,3)4)17-12-10-9-11-15(16)17/h9-12,14,18,22H,5-7H2,1-4H3. The molecular formula is C20H25NO3. The molecule has 4 heteroatoms. The van der Waals surface area contributed by atoms with Crippen LogP contribution in [0.2, 0.25) is 0 Å². The van der Waals surface area contributed by atoms with E-state index in [1.807, 2.05) is 45.0 Å². The maximum Gasteiger partial charge on any atom is 0.419 e. The molecule has 1 unspecified atom stereocenters. The Labute approximate surface area is 143 Å². The predicted molar refractivity (Wildman–Crippen MR) is 95.8 cm³/mol. The van der Waals surface area contributed by atoms with Gasteiger partial charge in [-0.2, -0.15) is 0 Å². The first-order valence-electron chi connectivity index (χ1n) is 8.33. The van der Waals surface area contributed by atoms with E-state index < -0.39 is 17.8 Å². The molecule has 1 atom stereocenters. The maximum absolute atomic E-state index is 12.4. The molecule has 128 valence electrons. The van der Waals surface area contributed by atoms with Gasteiger partial charge in [-0.25, -0.2) is 4.79 Å². The second kappa shape index (κ2) is 7.55. The molecule has 1 heterocycles. The van der Waals surface area contributed by atoms with Crippen LogP contribution in [-0.4, -0.2) is 21.4 Å². The number of rotatable bonds is 3. The maximum atomic E-state index is 12.4. The SMILES string of the molecule is CCCCC#CC(O)c1cn(C(=O)OC(C)(C)C)c2ccccc12. The minimum atomic E-state index is -0.921. The minimum absolute atomic E-state index is 0.462. The van der Waals surface area contributed by atoms with Crippen LogP contribution in [0.4, 0.5) is 4.79 Å².